The van der Waals surface area contributed by atoms with Crippen molar-refractivity contribution in [3.63, 3.8) is 0 Å². The Morgan fingerprint density at radius 3 is 2.86 bits per heavy atom. The van der Waals surface area contributed by atoms with Crippen LogP contribution in [0.1, 0.15) is 57.3 Å². The molecule has 0 amide bonds. The SMILES string of the molecule is CCN(Cc1nc2sc3c(c2c(=O)[nH]1)CCC(C)C3)CC(O)COC(C)(C)C. The first-order valence-electron chi connectivity index (χ1n) is 10.2. The average Bonchev–Trinajstić information content (AvgIpc) is 2.96. The van der Waals surface area contributed by atoms with Crippen molar-refractivity contribution in [2.45, 2.75) is 72.1 Å². The van der Waals surface area contributed by atoms with E-state index in [1.165, 1.54) is 10.4 Å². The number of aryl methyl sites for hydroxylation is 1. The molecular weight excluding hydrogens is 374 g/mol. The number of aromatic amines is 1. The lowest BCUT2D eigenvalue weighted by Crippen LogP contribution is -2.37. The highest BCUT2D eigenvalue weighted by atomic mass is 32.1. The number of nitrogens with one attached hydrogen (secondary N) is 1. The maximum atomic E-state index is 12.7. The molecule has 2 aromatic rings. The van der Waals surface area contributed by atoms with Crippen LogP contribution in [0.25, 0.3) is 10.2 Å². The van der Waals surface area contributed by atoms with Crippen LogP contribution >= 0.6 is 11.3 Å². The van der Waals surface area contributed by atoms with Gasteiger partial charge >= 0.3 is 0 Å². The molecule has 1 aliphatic rings. The van der Waals surface area contributed by atoms with Crippen LogP contribution in [0, 0.1) is 5.92 Å². The maximum absolute atomic E-state index is 12.7. The molecule has 6 nitrogen and oxygen atoms in total. The van der Waals surface area contributed by atoms with Crippen LogP contribution in [0.4, 0.5) is 0 Å². The molecule has 2 N–H and O–H groups in total. The van der Waals surface area contributed by atoms with Crippen molar-refractivity contribution in [1.82, 2.24) is 14.9 Å². The van der Waals surface area contributed by atoms with E-state index in [9.17, 15) is 9.90 Å². The van der Waals surface area contributed by atoms with Crippen LogP contribution in [0.15, 0.2) is 4.79 Å². The number of hydrogen-bond donors (Lipinski definition) is 2. The number of H-pyrrole nitrogens is 1. The lowest BCUT2D eigenvalue weighted by molar-refractivity contribution is -0.0564. The lowest BCUT2D eigenvalue weighted by atomic mass is 9.89. The molecule has 7 heteroatoms. The van der Waals surface area contributed by atoms with Gasteiger partial charge in [-0.2, -0.15) is 0 Å². The Labute approximate surface area is 170 Å². The molecule has 2 heterocycles. The number of aliphatic hydroxyl groups excluding tert-OH is 1. The van der Waals surface area contributed by atoms with Crippen LogP contribution < -0.4 is 5.56 Å². The van der Waals surface area contributed by atoms with E-state index in [4.69, 9.17) is 9.72 Å². The molecule has 0 saturated carbocycles. The summed E-state index contributed by atoms with van der Waals surface area (Å²) in [6, 6.07) is 0. The molecular formula is C21H33N3O3S. The van der Waals surface area contributed by atoms with E-state index in [1.807, 2.05) is 27.7 Å². The van der Waals surface area contributed by atoms with Crippen molar-refractivity contribution in [3.8, 4) is 0 Å². The van der Waals surface area contributed by atoms with Gasteiger partial charge in [-0.25, -0.2) is 4.98 Å². The van der Waals surface area contributed by atoms with E-state index in [-0.39, 0.29) is 11.2 Å². The van der Waals surface area contributed by atoms with Gasteiger partial charge in [-0.1, -0.05) is 13.8 Å². The van der Waals surface area contributed by atoms with Gasteiger partial charge in [0.25, 0.3) is 5.56 Å². The zero-order valence-electron chi connectivity index (χ0n) is 17.7. The van der Waals surface area contributed by atoms with E-state index in [1.54, 1.807) is 11.3 Å². The third-order valence-corrected chi connectivity index (χ3v) is 6.36. The number of likely N-dealkylation sites (N-methyl/N-ethyl adjacent to an activating group) is 1. The molecule has 0 saturated heterocycles. The molecule has 0 bridgehead atoms. The van der Waals surface area contributed by atoms with Crippen molar-refractivity contribution in [1.29, 1.82) is 0 Å². The smallest absolute Gasteiger partial charge is 0.259 e. The van der Waals surface area contributed by atoms with Gasteiger partial charge in [0, 0.05) is 11.4 Å². The lowest BCUT2D eigenvalue weighted by Gasteiger charge is -2.26. The molecule has 2 atom stereocenters. The summed E-state index contributed by atoms with van der Waals surface area (Å²) in [5, 5.41) is 11.1. The van der Waals surface area contributed by atoms with Crippen LogP contribution in [0.5, 0.6) is 0 Å². The van der Waals surface area contributed by atoms with Crippen LogP contribution in [-0.4, -0.2) is 51.4 Å². The maximum Gasteiger partial charge on any atom is 0.259 e. The molecule has 2 aromatic heterocycles. The van der Waals surface area contributed by atoms with Gasteiger partial charge in [-0.05, 0) is 58.1 Å². The molecule has 156 valence electrons. The quantitative estimate of drug-likeness (QED) is 0.737. The molecule has 2 unspecified atom stereocenters. The Morgan fingerprint density at radius 1 is 1.43 bits per heavy atom. The Balaban J connectivity index is 1.73. The van der Waals surface area contributed by atoms with Crippen molar-refractivity contribution in [3.05, 3.63) is 26.6 Å². The van der Waals surface area contributed by atoms with E-state index >= 15 is 0 Å². The van der Waals surface area contributed by atoms with E-state index in [2.05, 4.69) is 16.8 Å². The summed E-state index contributed by atoms with van der Waals surface area (Å²) < 4.78 is 5.67. The highest BCUT2D eigenvalue weighted by Gasteiger charge is 2.23. The molecule has 0 aromatic carbocycles. The topological polar surface area (TPSA) is 78.5 Å². The number of ether oxygens (including phenoxy) is 1. The number of rotatable bonds is 7. The number of thiophene rings is 1. The predicted molar refractivity (Wildman–Crippen MR) is 114 cm³/mol. The van der Waals surface area contributed by atoms with Gasteiger partial charge in [0.15, 0.2) is 0 Å². The number of fused-ring (bicyclic) bond motifs is 3. The number of hydrogen-bond acceptors (Lipinski definition) is 6. The Kier molecular flexibility index (Phi) is 6.59. The average molecular weight is 408 g/mol. The summed E-state index contributed by atoms with van der Waals surface area (Å²) in [6.07, 6.45) is 2.58. The van der Waals surface area contributed by atoms with Crippen LogP contribution in [0.2, 0.25) is 0 Å². The van der Waals surface area contributed by atoms with E-state index in [0.717, 1.165) is 36.0 Å². The summed E-state index contributed by atoms with van der Waals surface area (Å²) >= 11 is 1.67. The second kappa shape index (κ2) is 8.61. The fourth-order valence-electron chi connectivity index (χ4n) is 3.68. The first-order valence-corrected chi connectivity index (χ1v) is 11.1. The third kappa shape index (κ3) is 5.20. The van der Waals surface area contributed by atoms with Gasteiger partial charge in [-0.15, -0.1) is 11.3 Å². The van der Waals surface area contributed by atoms with Crippen molar-refractivity contribution in [2.24, 2.45) is 5.92 Å². The Bertz CT molecular complexity index is 868. The standard InChI is InChI=1S/C21H33N3O3S/c1-6-24(10-14(25)12-27-21(3,4)5)11-17-22-19(26)18-15-8-7-13(2)9-16(15)28-20(18)23-17/h13-14,25H,6-12H2,1-5H3,(H,22,23,26). The largest absolute Gasteiger partial charge is 0.389 e. The van der Waals surface area contributed by atoms with Crippen molar-refractivity contribution < 1.29 is 9.84 Å². The monoisotopic (exact) mass is 407 g/mol. The second-order valence-corrected chi connectivity index (χ2v) is 10.0. The molecule has 0 aliphatic heterocycles. The number of nitrogens with zero attached hydrogens (tertiary/aromatic N) is 2. The minimum absolute atomic E-state index is 0.0280. The Hall–Kier alpha value is -1.28. The van der Waals surface area contributed by atoms with Gasteiger partial charge < -0.3 is 14.8 Å². The minimum atomic E-state index is -0.579. The highest BCUT2D eigenvalue weighted by Crippen LogP contribution is 2.35. The molecule has 3 rings (SSSR count). The zero-order valence-corrected chi connectivity index (χ0v) is 18.5. The summed E-state index contributed by atoms with van der Waals surface area (Å²) in [6.45, 7) is 12.3. The second-order valence-electron chi connectivity index (χ2n) is 8.95. The Morgan fingerprint density at radius 2 is 2.18 bits per heavy atom. The highest BCUT2D eigenvalue weighted by molar-refractivity contribution is 7.18. The fraction of sp³-hybridized carbons (Fsp3) is 0.714. The van der Waals surface area contributed by atoms with E-state index < -0.39 is 6.10 Å². The summed E-state index contributed by atoms with van der Waals surface area (Å²) in [7, 11) is 0. The van der Waals surface area contributed by atoms with Crippen molar-refractivity contribution in [2.75, 3.05) is 19.7 Å². The molecule has 1 aliphatic carbocycles. The molecule has 28 heavy (non-hydrogen) atoms. The number of aromatic nitrogens is 2. The van der Waals surface area contributed by atoms with Gasteiger partial charge in [-0.3, -0.25) is 9.69 Å². The first-order chi connectivity index (χ1) is 13.2. The summed E-state index contributed by atoms with van der Waals surface area (Å²) in [5.74, 6) is 1.33. The molecule has 0 spiro atoms. The first kappa shape index (κ1) is 21.4. The van der Waals surface area contributed by atoms with Crippen LogP contribution in [0.3, 0.4) is 0 Å². The van der Waals surface area contributed by atoms with E-state index in [0.29, 0.717) is 31.4 Å². The van der Waals surface area contributed by atoms with Gasteiger partial charge in [0.05, 0.1) is 30.2 Å². The third-order valence-electron chi connectivity index (χ3n) is 5.21. The molecule has 0 radical (unpaired) electrons. The predicted octanol–water partition coefficient (Wildman–Crippen LogP) is 3.11. The molecule has 0 fully saturated rings. The zero-order chi connectivity index (χ0) is 20.5. The summed E-state index contributed by atoms with van der Waals surface area (Å²) in [5.41, 5.74) is 0.909. The normalized spacial score (nSPS) is 18.6. The minimum Gasteiger partial charge on any atom is -0.389 e. The fourth-order valence-corrected chi connectivity index (χ4v) is 5.08. The van der Waals surface area contributed by atoms with Gasteiger partial charge in [0.1, 0.15) is 10.7 Å². The number of aliphatic hydroxyl groups is 1. The van der Waals surface area contributed by atoms with Crippen LogP contribution in [-0.2, 0) is 24.1 Å². The van der Waals surface area contributed by atoms with Crippen molar-refractivity contribution >= 4 is 21.6 Å². The summed E-state index contributed by atoms with van der Waals surface area (Å²) in [4.78, 5) is 24.7. The van der Waals surface area contributed by atoms with Gasteiger partial charge in [0.2, 0.25) is 0 Å².